The second-order valence-electron chi connectivity index (χ2n) is 7.61. The number of fused-ring (bicyclic) bond motifs is 2. The van der Waals surface area contributed by atoms with Crippen LogP contribution < -0.4 is 15.8 Å². The van der Waals surface area contributed by atoms with Gasteiger partial charge >= 0.3 is 0 Å². The summed E-state index contributed by atoms with van der Waals surface area (Å²) in [6.07, 6.45) is 2.85. The average Bonchev–Trinajstić information content (AvgIpc) is 3.32. The van der Waals surface area contributed by atoms with E-state index >= 15 is 0 Å². The maximum absolute atomic E-state index is 11.9. The number of amides is 1. The molecule has 0 bridgehead atoms. The SMILES string of the molecule is Cc1cc2c(C(N)=O)cccc2n1-c1nc2c(c(NCc3cccs3)n1)OCCCC2. The molecule has 3 N–H and O–H groups in total. The summed E-state index contributed by atoms with van der Waals surface area (Å²) in [6, 6.07) is 11.6. The molecule has 0 unspecified atom stereocenters. The molecule has 0 spiro atoms. The van der Waals surface area contributed by atoms with E-state index in [-0.39, 0.29) is 0 Å². The molecule has 1 amide bonds. The van der Waals surface area contributed by atoms with Crippen molar-refractivity contribution in [1.82, 2.24) is 14.5 Å². The summed E-state index contributed by atoms with van der Waals surface area (Å²) >= 11 is 1.70. The van der Waals surface area contributed by atoms with E-state index in [9.17, 15) is 4.79 Å². The molecule has 8 heteroatoms. The van der Waals surface area contributed by atoms with Crippen molar-refractivity contribution in [3.63, 3.8) is 0 Å². The van der Waals surface area contributed by atoms with Crippen molar-refractivity contribution in [2.45, 2.75) is 32.7 Å². The normalized spacial score (nSPS) is 13.5. The largest absolute Gasteiger partial charge is 0.488 e. The van der Waals surface area contributed by atoms with Crippen LogP contribution in [0, 0.1) is 6.92 Å². The standard InChI is InChI=1S/C23H23N5O2S/c1-14-12-17-16(21(24)29)7-4-9-19(17)28(14)23-26-18-8-2-3-10-30-20(18)22(27-23)25-13-15-6-5-11-31-15/h4-7,9,11-12H,2-3,8,10,13H2,1H3,(H2,24,29)(H,25,26,27). The van der Waals surface area contributed by atoms with Gasteiger partial charge in [0.2, 0.25) is 11.9 Å². The van der Waals surface area contributed by atoms with Crippen LogP contribution >= 0.6 is 11.3 Å². The summed E-state index contributed by atoms with van der Waals surface area (Å²) in [7, 11) is 0. The Morgan fingerprint density at radius 1 is 1.26 bits per heavy atom. The number of carbonyl (C=O) groups is 1. The number of primary amides is 1. The number of nitrogens with one attached hydrogen (secondary N) is 1. The summed E-state index contributed by atoms with van der Waals surface area (Å²) in [5, 5.41) is 6.31. The lowest BCUT2D eigenvalue weighted by atomic mass is 10.1. The fourth-order valence-corrected chi connectivity index (χ4v) is 4.67. The van der Waals surface area contributed by atoms with E-state index in [0.717, 1.165) is 47.3 Å². The van der Waals surface area contributed by atoms with Crippen LogP contribution in [-0.2, 0) is 13.0 Å². The summed E-state index contributed by atoms with van der Waals surface area (Å²) < 4.78 is 8.01. The Bertz CT molecular complexity index is 1260. The number of nitrogens with two attached hydrogens (primary N) is 1. The van der Waals surface area contributed by atoms with Crippen LogP contribution in [0.15, 0.2) is 41.8 Å². The molecule has 0 aliphatic carbocycles. The molecule has 5 rings (SSSR count). The first-order chi connectivity index (χ1) is 15.1. The van der Waals surface area contributed by atoms with Crippen molar-refractivity contribution in [2.24, 2.45) is 5.73 Å². The highest BCUT2D eigenvalue weighted by molar-refractivity contribution is 7.09. The molecule has 0 fully saturated rings. The zero-order valence-electron chi connectivity index (χ0n) is 17.2. The van der Waals surface area contributed by atoms with Gasteiger partial charge in [0.15, 0.2) is 11.6 Å². The van der Waals surface area contributed by atoms with Gasteiger partial charge in [-0.05, 0) is 55.8 Å². The third-order valence-electron chi connectivity index (χ3n) is 5.48. The minimum absolute atomic E-state index is 0.447. The highest BCUT2D eigenvalue weighted by atomic mass is 32.1. The molecule has 3 aromatic heterocycles. The molecular weight excluding hydrogens is 410 g/mol. The van der Waals surface area contributed by atoms with Crippen molar-refractivity contribution in [3.05, 3.63) is 63.6 Å². The van der Waals surface area contributed by atoms with Crippen LogP contribution in [0.3, 0.4) is 0 Å². The van der Waals surface area contributed by atoms with Crippen molar-refractivity contribution >= 4 is 34.0 Å². The van der Waals surface area contributed by atoms with Crippen LogP contribution in [0.25, 0.3) is 16.9 Å². The Balaban J connectivity index is 1.65. The fourth-order valence-electron chi connectivity index (χ4n) is 4.02. The van der Waals surface area contributed by atoms with E-state index < -0.39 is 5.91 Å². The first-order valence-electron chi connectivity index (χ1n) is 10.3. The van der Waals surface area contributed by atoms with Gasteiger partial charge in [-0.3, -0.25) is 9.36 Å². The molecule has 31 heavy (non-hydrogen) atoms. The van der Waals surface area contributed by atoms with Crippen molar-refractivity contribution in [2.75, 3.05) is 11.9 Å². The first-order valence-corrected chi connectivity index (χ1v) is 11.2. The Morgan fingerprint density at radius 3 is 2.97 bits per heavy atom. The summed E-state index contributed by atoms with van der Waals surface area (Å²) in [5.74, 6) is 1.55. The number of ether oxygens (including phenoxy) is 1. The van der Waals surface area contributed by atoms with Gasteiger partial charge < -0.3 is 15.8 Å². The minimum Gasteiger partial charge on any atom is -0.488 e. The number of rotatable bonds is 5. The van der Waals surface area contributed by atoms with Gasteiger partial charge in [-0.1, -0.05) is 12.1 Å². The summed E-state index contributed by atoms with van der Waals surface area (Å²) in [5.41, 5.74) is 8.78. The van der Waals surface area contributed by atoms with Gasteiger partial charge in [0, 0.05) is 21.5 Å². The minimum atomic E-state index is -0.447. The van der Waals surface area contributed by atoms with Gasteiger partial charge in [-0.2, -0.15) is 4.98 Å². The van der Waals surface area contributed by atoms with E-state index in [1.165, 1.54) is 4.88 Å². The molecule has 0 saturated heterocycles. The van der Waals surface area contributed by atoms with E-state index in [2.05, 4.69) is 16.8 Å². The summed E-state index contributed by atoms with van der Waals surface area (Å²) in [6.45, 7) is 3.31. The molecular formula is C23H23N5O2S. The number of aromatic nitrogens is 3. The van der Waals surface area contributed by atoms with Crippen LogP contribution in [0.5, 0.6) is 5.75 Å². The molecule has 7 nitrogen and oxygen atoms in total. The Hall–Kier alpha value is -3.39. The van der Waals surface area contributed by atoms with Gasteiger partial charge in [-0.25, -0.2) is 4.98 Å². The predicted molar refractivity (Wildman–Crippen MR) is 122 cm³/mol. The third kappa shape index (κ3) is 3.63. The molecule has 1 aromatic carbocycles. The quantitative estimate of drug-likeness (QED) is 0.491. The lowest BCUT2D eigenvalue weighted by Gasteiger charge is -2.16. The summed E-state index contributed by atoms with van der Waals surface area (Å²) in [4.78, 5) is 22.9. The monoisotopic (exact) mass is 433 g/mol. The van der Waals surface area contributed by atoms with Crippen molar-refractivity contribution in [3.8, 4) is 11.7 Å². The molecule has 0 saturated carbocycles. The number of carbonyl (C=O) groups excluding carboxylic acids is 1. The molecule has 4 aromatic rings. The second-order valence-corrected chi connectivity index (χ2v) is 8.64. The Morgan fingerprint density at radius 2 is 2.16 bits per heavy atom. The maximum atomic E-state index is 11.9. The zero-order valence-corrected chi connectivity index (χ0v) is 18.0. The maximum Gasteiger partial charge on any atom is 0.249 e. The van der Waals surface area contributed by atoms with Gasteiger partial charge in [0.25, 0.3) is 0 Å². The molecule has 1 aliphatic heterocycles. The van der Waals surface area contributed by atoms with Gasteiger partial charge in [0.05, 0.1) is 24.4 Å². The van der Waals surface area contributed by atoms with Crippen LogP contribution in [0.2, 0.25) is 0 Å². The van der Waals surface area contributed by atoms with Gasteiger partial charge in [-0.15, -0.1) is 11.3 Å². The third-order valence-corrected chi connectivity index (χ3v) is 6.36. The number of benzene rings is 1. The predicted octanol–water partition coefficient (Wildman–Crippen LogP) is 4.22. The molecule has 0 radical (unpaired) electrons. The Labute approximate surface area is 183 Å². The number of aryl methyl sites for hydroxylation is 2. The van der Waals surface area contributed by atoms with Crippen LogP contribution in [-0.4, -0.2) is 27.0 Å². The van der Waals surface area contributed by atoms with Gasteiger partial charge in [0.1, 0.15) is 0 Å². The van der Waals surface area contributed by atoms with E-state index in [0.29, 0.717) is 30.5 Å². The first kappa shape index (κ1) is 19.6. The number of anilines is 1. The average molecular weight is 434 g/mol. The molecule has 1 aliphatic rings. The van der Waals surface area contributed by atoms with Crippen molar-refractivity contribution in [1.29, 1.82) is 0 Å². The van der Waals surface area contributed by atoms with Crippen LogP contribution in [0.1, 0.15) is 39.5 Å². The number of hydrogen-bond donors (Lipinski definition) is 2. The second kappa shape index (κ2) is 8.03. The topological polar surface area (TPSA) is 95.1 Å². The fraction of sp³-hybridized carbons (Fsp3) is 0.261. The molecule has 158 valence electrons. The highest BCUT2D eigenvalue weighted by Crippen LogP contribution is 2.33. The Kier molecular flexibility index (Phi) is 5.07. The van der Waals surface area contributed by atoms with E-state index in [1.54, 1.807) is 17.4 Å². The lowest BCUT2D eigenvalue weighted by molar-refractivity contribution is 0.100. The zero-order chi connectivity index (χ0) is 21.4. The van der Waals surface area contributed by atoms with Crippen molar-refractivity contribution < 1.29 is 9.53 Å². The lowest BCUT2D eigenvalue weighted by Crippen LogP contribution is -2.12. The van der Waals surface area contributed by atoms with E-state index in [1.807, 2.05) is 35.8 Å². The number of hydrogen-bond acceptors (Lipinski definition) is 6. The highest BCUT2D eigenvalue weighted by Gasteiger charge is 2.21. The number of thiophene rings is 1. The molecule has 4 heterocycles. The molecule has 0 atom stereocenters. The van der Waals surface area contributed by atoms with E-state index in [4.69, 9.17) is 20.4 Å². The number of nitrogens with zero attached hydrogens (tertiary/aromatic N) is 3. The van der Waals surface area contributed by atoms with Crippen LogP contribution in [0.4, 0.5) is 5.82 Å². The smallest absolute Gasteiger partial charge is 0.249 e.